The van der Waals surface area contributed by atoms with Gasteiger partial charge in [0.15, 0.2) is 0 Å². The van der Waals surface area contributed by atoms with Gasteiger partial charge in [0.1, 0.15) is 15.7 Å². The van der Waals surface area contributed by atoms with Gasteiger partial charge >= 0.3 is 0 Å². The molecule has 2 rings (SSSR count). The second-order valence-electron chi connectivity index (χ2n) is 6.11. The summed E-state index contributed by atoms with van der Waals surface area (Å²) in [5.41, 5.74) is 0. The highest BCUT2D eigenvalue weighted by atomic mass is 16.7. The van der Waals surface area contributed by atoms with Crippen LogP contribution in [0.15, 0.2) is 0 Å². The number of methoxy groups -OCH3 is 1. The Morgan fingerprint density at radius 3 is 2.50 bits per heavy atom. The standard InChI is InChI=1S/C14H26B2N2O4/c1-17-10-5-14(16)22-12(10)8-20-18(2)6-9-4-13(15)21-11(9)7-19-3/h9-14,17H,4-8H2,1-3H3/t9?,10?,11-,12-,13-,14-/m1/s1. The van der Waals surface area contributed by atoms with Crippen LogP contribution in [0.2, 0.25) is 0 Å². The van der Waals surface area contributed by atoms with Gasteiger partial charge in [-0.1, -0.05) is 0 Å². The van der Waals surface area contributed by atoms with Crippen LogP contribution < -0.4 is 5.32 Å². The molecule has 0 aliphatic carbocycles. The van der Waals surface area contributed by atoms with Crippen LogP contribution in [-0.4, -0.2) is 92.0 Å². The maximum Gasteiger partial charge on any atom is 0.109 e. The van der Waals surface area contributed by atoms with E-state index in [-0.39, 0.29) is 30.3 Å². The lowest BCUT2D eigenvalue weighted by atomic mass is 9.91. The minimum absolute atomic E-state index is 0.0206. The molecule has 8 heteroatoms. The number of nitrogens with one attached hydrogen (secondary N) is 1. The van der Waals surface area contributed by atoms with E-state index < -0.39 is 0 Å². The van der Waals surface area contributed by atoms with Crippen molar-refractivity contribution in [2.75, 3.05) is 41.0 Å². The minimum atomic E-state index is -0.219. The lowest BCUT2D eigenvalue weighted by Crippen LogP contribution is -2.40. The molecule has 2 fully saturated rings. The molecule has 4 radical (unpaired) electrons. The van der Waals surface area contributed by atoms with Crippen LogP contribution in [-0.2, 0) is 19.0 Å². The molecule has 1 N–H and O–H groups in total. The number of hydrogen-bond acceptors (Lipinski definition) is 6. The second kappa shape index (κ2) is 8.66. The molecular formula is C14H26B2N2O4. The molecule has 22 heavy (non-hydrogen) atoms. The Morgan fingerprint density at radius 2 is 1.82 bits per heavy atom. The average molecular weight is 308 g/mol. The quantitative estimate of drug-likeness (QED) is 0.471. The Kier molecular flexibility index (Phi) is 7.18. The minimum Gasteiger partial charge on any atom is -0.382 e. The first-order valence-electron chi connectivity index (χ1n) is 7.85. The van der Waals surface area contributed by atoms with Crippen molar-refractivity contribution in [3.63, 3.8) is 0 Å². The fourth-order valence-corrected chi connectivity index (χ4v) is 3.19. The Labute approximate surface area is 135 Å². The topological polar surface area (TPSA) is 52.2 Å². The summed E-state index contributed by atoms with van der Waals surface area (Å²) < 4.78 is 16.5. The van der Waals surface area contributed by atoms with Gasteiger partial charge in [0.2, 0.25) is 0 Å². The molecule has 2 aliphatic heterocycles. The van der Waals surface area contributed by atoms with Crippen LogP contribution >= 0.6 is 0 Å². The summed E-state index contributed by atoms with van der Waals surface area (Å²) >= 11 is 0. The predicted molar refractivity (Wildman–Crippen MR) is 84.9 cm³/mol. The lowest BCUT2D eigenvalue weighted by Gasteiger charge is -2.26. The summed E-state index contributed by atoms with van der Waals surface area (Å²) in [7, 11) is 17.2. The molecular weight excluding hydrogens is 282 g/mol. The normalized spacial score (nSPS) is 38.9. The zero-order chi connectivity index (χ0) is 16.1. The second-order valence-corrected chi connectivity index (χ2v) is 6.11. The van der Waals surface area contributed by atoms with Crippen molar-refractivity contribution in [3.05, 3.63) is 0 Å². The van der Waals surface area contributed by atoms with Gasteiger partial charge < -0.3 is 19.5 Å². The molecule has 2 unspecified atom stereocenters. The number of ether oxygens (including phenoxy) is 3. The molecule has 2 heterocycles. The van der Waals surface area contributed by atoms with E-state index in [0.717, 1.165) is 19.4 Å². The van der Waals surface area contributed by atoms with E-state index in [1.54, 1.807) is 7.11 Å². The monoisotopic (exact) mass is 308 g/mol. The number of likely N-dealkylation sites (N-methyl/N-ethyl adjacent to an activating group) is 1. The highest BCUT2D eigenvalue weighted by Gasteiger charge is 2.35. The third-order valence-corrected chi connectivity index (χ3v) is 4.35. The van der Waals surface area contributed by atoms with Crippen LogP contribution in [0.3, 0.4) is 0 Å². The van der Waals surface area contributed by atoms with Crippen molar-refractivity contribution in [1.29, 1.82) is 0 Å². The number of nitrogens with zero attached hydrogens (tertiary/aromatic N) is 1. The van der Waals surface area contributed by atoms with Crippen LogP contribution in [0.1, 0.15) is 12.8 Å². The smallest absolute Gasteiger partial charge is 0.109 e. The van der Waals surface area contributed by atoms with Gasteiger partial charge in [0.05, 0.1) is 25.4 Å². The van der Waals surface area contributed by atoms with Crippen molar-refractivity contribution < 1.29 is 19.0 Å². The Hall–Kier alpha value is -0.110. The lowest BCUT2D eigenvalue weighted by molar-refractivity contribution is -0.175. The van der Waals surface area contributed by atoms with E-state index in [1.165, 1.54) is 0 Å². The van der Waals surface area contributed by atoms with Gasteiger partial charge in [-0.2, -0.15) is 5.06 Å². The highest BCUT2D eigenvalue weighted by molar-refractivity contribution is 6.11. The summed E-state index contributed by atoms with van der Waals surface area (Å²) in [5.74, 6) is 0.298. The number of rotatable bonds is 8. The van der Waals surface area contributed by atoms with E-state index in [1.807, 2.05) is 19.2 Å². The summed E-state index contributed by atoms with van der Waals surface area (Å²) in [5, 5.41) is 5.04. The number of hydroxylamine groups is 2. The van der Waals surface area contributed by atoms with Crippen LogP contribution in [0.5, 0.6) is 0 Å². The molecule has 0 aromatic rings. The third-order valence-electron chi connectivity index (χ3n) is 4.35. The van der Waals surface area contributed by atoms with Gasteiger partial charge in [-0.05, 0) is 19.9 Å². The van der Waals surface area contributed by atoms with Crippen molar-refractivity contribution >= 4 is 15.7 Å². The van der Waals surface area contributed by atoms with Crippen molar-refractivity contribution in [2.45, 2.75) is 43.1 Å². The van der Waals surface area contributed by atoms with Crippen LogP contribution in [0, 0.1) is 5.92 Å². The molecule has 122 valence electrons. The molecule has 6 nitrogen and oxygen atoms in total. The molecule has 0 saturated carbocycles. The third kappa shape index (κ3) is 4.94. The average Bonchev–Trinajstić information content (AvgIpc) is 3.00. The molecule has 0 bridgehead atoms. The Bertz CT molecular complexity index is 340. The van der Waals surface area contributed by atoms with E-state index in [0.29, 0.717) is 19.1 Å². The maximum atomic E-state index is 5.87. The molecule has 6 atom stereocenters. The number of hydrogen-bond donors (Lipinski definition) is 1. The van der Waals surface area contributed by atoms with Gasteiger partial charge in [-0.25, -0.2) is 0 Å². The SMILES string of the molecule is [B][C@H]1CC(CN(C)OC[C@H]2O[C@@H]([B])CC2NC)[C@@H](COC)O1. The molecule has 0 aromatic heterocycles. The summed E-state index contributed by atoms with van der Waals surface area (Å²) in [6.45, 7) is 1.77. The summed E-state index contributed by atoms with van der Waals surface area (Å²) in [6, 6.07) is -0.208. The highest BCUT2D eigenvalue weighted by Crippen LogP contribution is 2.26. The van der Waals surface area contributed by atoms with Crippen molar-refractivity contribution in [2.24, 2.45) is 5.92 Å². The van der Waals surface area contributed by atoms with Gasteiger partial charge in [0, 0.05) is 44.7 Å². The zero-order valence-electron chi connectivity index (χ0n) is 13.7. The molecule has 0 aromatic carbocycles. The molecule has 2 aliphatic rings. The maximum absolute atomic E-state index is 5.87. The zero-order valence-corrected chi connectivity index (χ0v) is 13.7. The van der Waals surface area contributed by atoms with E-state index in [4.69, 9.17) is 34.7 Å². The van der Waals surface area contributed by atoms with Gasteiger partial charge in [0.25, 0.3) is 0 Å². The first-order chi connectivity index (χ1) is 10.5. The first-order valence-corrected chi connectivity index (χ1v) is 7.85. The van der Waals surface area contributed by atoms with Crippen LogP contribution in [0.4, 0.5) is 0 Å². The fourth-order valence-electron chi connectivity index (χ4n) is 3.19. The molecule has 2 saturated heterocycles. The van der Waals surface area contributed by atoms with E-state index >= 15 is 0 Å². The Morgan fingerprint density at radius 1 is 1.14 bits per heavy atom. The van der Waals surface area contributed by atoms with Crippen molar-refractivity contribution in [3.8, 4) is 0 Å². The Balaban J connectivity index is 1.74. The molecule has 0 spiro atoms. The summed E-state index contributed by atoms with van der Waals surface area (Å²) in [4.78, 5) is 5.81. The summed E-state index contributed by atoms with van der Waals surface area (Å²) in [6.07, 6.45) is 1.60. The fraction of sp³-hybridized carbons (Fsp3) is 1.00. The van der Waals surface area contributed by atoms with E-state index in [9.17, 15) is 0 Å². The van der Waals surface area contributed by atoms with E-state index in [2.05, 4.69) is 5.32 Å². The first kappa shape index (κ1) is 18.2. The molecule has 0 amide bonds. The predicted octanol–water partition coefficient (Wildman–Crippen LogP) is -0.733. The van der Waals surface area contributed by atoms with Crippen LogP contribution in [0.25, 0.3) is 0 Å². The van der Waals surface area contributed by atoms with Gasteiger partial charge in [-0.15, -0.1) is 0 Å². The van der Waals surface area contributed by atoms with Gasteiger partial charge in [-0.3, -0.25) is 4.84 Å². The van der Waals surface area contributed by atoms with Crippen molar-refractivity contribution in [1.82, 2.24) is 10.4 Å². The largest absolute Gasteiger partial charge is 0.382 e.